The minimum Gasteiger partial charge on any atom is -0.435 e. The minimum absolute atomic E-state index is 0.0533. The summed E-state index contributed by atoms with van der Waals surface area (Å²) < 4.78 is 15.5. The zero-order valence-electron chi connectivity index (χ0n) is 20.8. The van der Waals surface area contributed by atoms with E-state index in [0.717, 1.165) is 17.7 Å². The summed E-state index contributed by atoms with van der Waals surface area (Å²) in [5.74, 6) is 0. The van der Waals surface area contributed by atoms with Crippen molar-refractivity contribution in [1.82, 2.24) is 15.0 Å². The summed E-state index contributed by atoms with van der Waals surface area (Å²) in [7, 11) is -6.53. The molecule has 33 heavy (non-hydrogen) atoms. The molecule has 0 fully saturated rings. The van der Waals surface area contributed by atoms with Crippen LogP contribution in [0.4, 0.5) is 5.69 Å². The highest BCUT2D eigenvalue weighted by Gasteiger charge is 2.43. The van der Waals surface area contributed by atoms with Crippen LogP contribution in [0.3, 0.4) is 0 Å². The Morgan fingerprint density at radius 1 is 1.09 bits per heavy atom. The molecule has 0 aliphatic carbocycles. The van der Waals surface area contributed by atoms with E-state index in [4.69, 9.17) is 8.23 Å². The summed E-state index contributed by atoms with van der Waals surface area (Å²) in [6.45, 7) is 17.2. The molecule has 1 heterocycles. The van der Waals surface area contributed by atoms with Gasteiger partial charge in [-0.25, -0.2) is 4.68 Å². The van der Waals surface area contributed by atoms with E-state index >= 15 is 0 Å². The Morgan fingerprint density at radius 2 is 1.73 bits per heavy atom. The second kappa shape index (κ2) is 11.5. The Kier molecular flexibility index (Phi) is 9.49. The quantitative estimate of drug-likeness (QED) is 0.0983. The number of unbranched alkanes of at least 4 members (excludes halogenated alkanes) is 2. The first-order chi connectivity index (χ1) is 15.4. The molecule has 1 aromatic carbocycles. The van der Waals surface area contributed by atoms with E-state index in [9.17, 15) is 10.1 Å². The second-order valence-corrected chi connectivity index (χ2v) is 22.1. The van der Waals surface area contributed by atoms with Gasteiger partial charge in [0.15, 0.2) is 16.6 Å². The Bertz CT molecular complexity index is 934. The number of allylic oxidation sites excluding steroid dienone is 1. The maximum atomic E-state index is 10.9. The third-order valence-electron chi connectivity index (χ3n) is 5.36. The first-order valence-corrected chi connectivity index (χ1v) is 20.3. The zero-order chi connectivity index (χ0) is 24.7. The van der Waals surface area contributed by atoms with Crippen LogP contribution < -0.4 is 0 Å². The van der Waals surface area contributed by atoms with Crippen LogP contribution in [0.2, 0.25) is 44.8 Å². The molecule has 2 rings (SSSR count). The van der Waals surface area contributed by atoms with Gasteiger partial charge in [-0.1, -0.05) is 37.5 Å². The van der Waals surface area contributed by atoms with E-state index in [2.05, 4.69) is 56.5 Å². The molecule has 182 valence electrons. The van der Waals surface area contributed by atoms with Crippen molar-refractivity contribution in [3.63, 3.8) is 0 Å². The molecular formula is C22H38N4O4Si3. The van der Waals surface area contributed by atoms with Crippen LogP contribution in [0, 0.1) is 10.1 Å². The van der Waals surface area contributed by atoms with Gasteiger partial charge in [-0.15, -0.1) is 11.7 Å². The van der Waals surface area contributed by atoms with E-state index in [1.165, 1.54) is 31.4 Å². The molecule has 0 spiro atoms. The summed E-state index contributed by atoms with van der Waals surface area (Å²) in [5, 5.41) is 19.5. The first-order valence-electron chi connectivity index (χ1n) is 11.5. The molecule has 0 amide bonds. The highest BCUT2D eigenvalue weighted by Crippen LogP contribution is 2.28. The smallest absolute Gasteiger partial charge is 0.336 e. The second-order valence-electron chi connectivity index (χ2n) is 9.91. The molecule has 0 aliphatic rings. The van der Waals surface area contributed by atoms with Crippen LogP contribution in [-0.4, -0.2) is 45.1 Å². The maximum absolute atomic E-state index is 10.9. The van der Waals surface area contributed by atoms with Gasteiger partial charge in [0.05, 0.1) is 17.3 Å². The number of nitro benzene ring substituents is 1. The van der Waals surface area contributed by atoms with Gasteiger partial charge in [-0.2, -0.15) is 0 Å². The number of hydrogen-bond donors (Lipinski definition) is 0. The summed E-state index contributed by atoms with van der Waals surface area (Å²) in [5.41, 5.74) is 1.51. The lowest BCUT2D eigenvalue weighted by Gasteiger charge is -2.40. The fourth-order valence-corrected chi connectivity index (χ4v) is 17.7. The summed E-state index contributed by atoms with van der Waals surface area (Å²) in [4.78, 5) is 10.5. The van der Waals surface area contributed by atoms with Crippen molar-refractivity contribution < 1.29 is 13.2 Å². The minimum atomic E-state index is -2.62. The molecule has 1 unspecified atom stereocenters. The molecule has 0 radical (unpaired) electrons. The van der Waals surface area contributed by atoms with Crippen molar-refractivity contribution >= 4 is 30.9 Å². The predicted molar refractivity (Wildman–Crippen MR) is 140 cm³/mol. The average Bonchev–Trinajstić information content (AvgIpc) is 3.14. The molecule has 2 aromatic rings. The standard InChI is InChI=1S/C22H38N4O4Si3/c1-8-10-11-17-32(5,6)30-33(7,29-31(3,4)16-9-2)19-25-18-22(23-24-25)20-12-14-21(15-13-20)26(27)28/h9,12-15,18H,2,8,10-11,16-17,19H2,1,3-7H3. The monoisotopic (exact) mass is 506 g/mol. The molecule has 0 aliphatic heterocycles. The largest absolute Gasteiger partial charge is 0.435 e. The molecule has 1 aromatic heterocycles. The van der Waals surface area contributed by atoms with Crippen LogP contribution in [0.5, 0.6) is 0 Å². The third-order valence-corrected chi connectivity index (χ3v) is 17.0. The van der Waals surface area contributed by atoms with Crippen LogP contribution in [0.25, 0.3) is 11.3 Å². The molecule has 0 bridgehead atoms. The summed E-state index contributed by atoms with van der Waals surface area (Å²) >= 11 is 0. The lowest BCUT2D eigenvalue weighted by Crippen LogP contribution is -2.56. The molecule has 8 nitrogen and oxygen atoms in total. The number of aromatic nitrogens is 3. The number of hydrogen-bond acceptors (Lipinski definition) is 6. The van der Waals surface area contributed by atoms with E-state index in [1.54, 1.807) is 16.8 Å². The molecule has 1 atom stereocenters. The SMILES string of the molecule is C=CC[Si](C)(C)O[Si](C)(Cn1cc(-c2ccc([N+](=O)[O-])cc2)nn1)O[Si](C)(C)CCCCC. The fraction of sp³-hybridized carbons (Fsp3) is 0.545. The molecule has 0 N–H and O–H groups in total. The number of non-ortho nitro benzene ring substituents is 1. The van der Waals surface area contributed by atoms with Crippen LogP contribution in [-0.2, 0) is 14.4 Å². The van der Waals surface area contributed by atoms with E-state index in [1.807, 2.05) is 12.3 Å². The van der Waals surface area contributed by atoms with Gasteiger partial charge in [-0.3, -0.25) is 10.1 Å². The van der Waals surface area contributed by atoms with Crippen molar-refractivity contribution in [3.8, 4) is 11.3 Å². The topological polar surface area (TPSA) is 92.3 Å². The van der Waals surface area contributed by atoms with E-state index in [0.29, 0.717) is 11.9 Å². The van der Waals surface area contributed by atoms with Crippen molar-refractivity contribution in [2.45, 2.75) is 77.2 Å². The van der Waals surface area contributed by atoms with Gasteiger partial charge in [0.1, 0.15) is 5.69 Å². The van der Waals surface area contributed by atoms with Crippen molar-refractivity contribution in [3.05, 3.63) is 53.2 Å². The summed E-state index contributed by atoms with van der Waals surface area (Å²) in [6, 6.07) is 8.32. The number of benzene rings is 1. The highest BCUT2D eigenvalue weighted by atomic mass is 28.5. The Hall–Kier alpha value is -1.93. The Morgan fingerprint density at radius 3 is 2.30 bits per heavy atom. The van der Waals surface area contributed by atoms with Crippen molar-refractivity contribution in [2.24, 2.45) is 0 Å². The molecule has 11 heteroatoms. The molecular weight excluding hydrogens is 469 g/mol. The van der Waals surface area contributed by atoms with Crippen molar-refractivity contribution in [1.29, 1.82) is 0 Å². The molecule has 0 saturated heterocycles. The lowest BCUT2D eigenvalue weighted by atomic mass is 10.1. The van der Waals surface area contributed by atoms with Crippen LogP contribution >= 0.6 is 0 Å². The number of nitro groups is 1. The van der Waals surface area contributed by atoms with Gasteiger partial charge in [0.2, 0.25) is 0 Å². The average molecular weight is 507 g/mol. The van der Waals surface area contributed by atoms with Gasteiger partial charge in [0.25, 0.3) is 5.69 Å². The number of rotatable bonds is 14. The first kappa shape index (κ1) is 27.3. The van der Waals surface area contributed by atoms with Crippen LogP contribution in [0.15, 0.2) is 43.1 Å². The van der Waals surface area contributed by atoms with Gasteiger partial charge in [-0.05, 0) is 57.0 Å². The number of nitrogens with zero attached hydrogens (tertiary/aromatic N) is 4. The Balaban J connectivity index is 2.25. The van der Waals surface area contributed by atoms with Gasteiger partial charge < -0.3 is 8.23 Å². The zero-order valence-corrected chi connectivity index (χ0v) is 23.8. The van der Waals surface area contributed by atoms with Gasteiger partial charge in [0, 0.05) is 17.7 Å². The Labute approximate surface area is 200 Å². The normalized spacial score (nSPS) is 14.1. The lowest BCUT2D eigenvalue weighted by molar-refractivity contribution is -0.384. The predicted octanol–water partition coefficient (Wildman–Crippen LogP) is 6.28. The molecule has 0 saturated carbocycles. The third kappa shape index (κ3) is 8.74. The maximum Gasteiger partial charge on any atom is 0.336 e. The van der Waals surface area contributed by atoms with Crippen LogP contribution in [0.1, 0.15) is 26.2 Å². The van der Waals surface area contributed by atoms with E-state index < -0.39 is 30.1 Å². The highest BCUT2D eigenvalue weighted by molar-refractivity contribution is 6.88. The summed E-state index contributed by atoms with van der Waals surface area (Å²) in [6.07, 6.45) is 7.95. The fourth-order valence-electron chi connectivity index (χ4n) is 4.05. The van der Waals surface area contributed by atoms with Crippen molar-refractivity contribution in [2.75, 3.05) is 0 Å². The van der Waals surface area contributed by atoms with E-state index in [-0.39, 0.29) is 5.69 Å². The van der Waals surface area contributed by atoms with Gasteiger partial charge >= 0.3 is 8.56 Å².